The number of esters is 3. The lowest BCUT2D eigenvalue weighted by atomic mass is 10.0. The van der Waals surface area contributed by atoms with Crippen molar-refractivity contribution in [2.24, 2.45) is 0 Å². The molecule has 0 N–H and O–H groups in total. The molecule has 0 radical (unpaired) electrons. The Morgan fingerprint density at radius 2 is 0.452 bits per heavy atom. The molecule has 0 saturated heterocycles. The quantitative estimate of drug-likeness (QED) is 0.0261. The van der Waals surface area contributed by atoms with Gasteiger partial charge in [0.25, 0.3) is 0 Å². The predicted molar refractivity (Wildman–Crippen MR) is 317 cm³/mol. The van der Waals surface area contributed by atoms with Crippen molar-refractivity contribution >= 4 is 17.9 Å². The molecule has 6 heteroatoms. The van der Waals surface area contributed by atoms with E-state index in [1.54, 1.807) is 0 Å². The van der Waals surface area contributed by atoms with Crippen LogP contribution in [-0.2, 0) is 28.6 Å². The zero-order valence-electron chi connectivity index (χ0n) is 49.7. The second-order valence-corrected chi connectivity index (χ2v) is 22.7. The minimum atomic E-state index is -0.768. The van der Waals surface area contributed by atoms with E-state index in [1.807, 2.05) is 0 Å². The van der Waals surface area contributed by atoms with Gasteiger partial charge >= 0.3 is 17.9 Å². The standard InChI is InChI=1S/C67H128O6/c1-4-7-10-13-16-19-22-25-27-28-29-30-31-32-33-34-35-36-37-38-39-41-42-45-48-51-54-57-60-66(69)72-63-64(62-71-65(68)59-56-53-50-47-44-24-21-18-15-12-9-6-3)73-67(70)61-58-55-52-49-46-43-40-26-23-20-17-14-11-8-5-2/h18,21,64H,4-17,19-20,22-63H2,1-3H3/b21-18-. The van der Waals surface area contributed by atoms with Gasteiger partial charge in [-0.2, -0.15) is 0 Å². The Balaban J connectivity index is 4.12. The van der Waals surface area contributed by atoms with E-state index >= 15 is 0 Å². The Morgan fingerprint density at radius 1 is 0.260 bits per heavy atom. The summed E-state index contributed by atoms with van der Waals surface area (Å²) in [5.74, 6) is -0.847. The molecule has 0 aromatic heterocycles. The van der Waals surface area contributed by atoms with Crippen LogP contribution >= 0.6 is 0 Å². The van der Waals surface area contributed by atoms with Crippen LogP contribution in [0.5, 0.6) is 0 Å². The van der Waals surface area contributed by atoms with E-state index < -0.39 is 6.10 Å². The Labute approximate surface area is 456 Å². The summed E-state index contributed by atoms with van der Waals surface area (Å²) in [6.45, 7) is 6.68. The summed E-state index contributed by atoms with van der Waals surface area (Å²) in [4.78, 5) is 38.2. The maximum absolute atomic E-state index is 12.9. The molecule has 432 valence electrons. The van der Waals surface area contributed by atoms with Crippen molar-refractivity contribution in [2.45, 2.75) is 386 Å². The molecule has 0 spiro atoms. The van der Waals surface area contributed by atoms with Gasteiger partial charge in [0, 0.05) is 19.3 Å². The third-order valence-corrected chi connectivity index (χ3v) is 15.3. The topological polar surface area (TPSA) is 78.9 Å². The van der Waals surface area contributed by atoms with Crippen LogP contribution in [0.25, 0.3) is 0 Å². The number of rotatable bonds is 62. The van der Waals surface area contributed by atoms with Crippen LogP contribution in [0.3, 0.4) is 0 Å². The fourth-order valence-corrected chi connectivity index (χ4v) is 10.3. The highest BCUT2D eigenvalue weighted by Crippen LogP contribution is 2.19. The molecule has 0 aliphatic carbocycles. The van der Waals surface area contributed by atoms with Crippen molar-refractivity contribution in [3.63, 3.8) is 0 Å². The molecule has 0 amide bonds. The second kappa shape index (κ2) is 62.7. The zero-order chi connectivity index (χ0) is 52.9. The smallest absolute Gasteiger partial charge is 0.306 e. The molecular formula is C67H128O6. The Bertz CT molecular complexity index is 1130. The molecule has 0 heterocycles. The van der Waals surface area contributed by atoms with Gasteiger partial charge in [0.15, 0.2) is 6.10 Å². The number of unbranched alkanes of at least 4 members (excludes halogenated alkanes) is 49. The molecule has 0 rings (SSSR count). The van der Waals surface area contributed by atoms with Gasteiger partial charge in [-0.3, -0.25) is 14.4 Å². The van der Waals surface area contributed by atoms with E-state index in [4.69, 9.17) is 14.2 Å². The van der Waals surface area contributed by atoms with Crippen molar-refractivity contribution in [3.8, 4) is 0 Å². The van der Waals surface area contributed by atoms with Gasteiger partial charge in [-0.15, -0.1) is 0 Å². The summed E-state index contributed by atoms with van der Waals surface area (Å²) in [6.07, 6.45) is 73.8. The average Bonchev–Trinajstić information content (AvgIpc) is 3.39. The number of carbonyl (C=O) groups is 3. The van der Waals surface area contributed by atoms with Crippen LogP contribution in [0, 0.1) is 0 Å². The van der Waals surface area contributed by atoms with Crippen molar-refractivity contribution in [2.75, 3.05) is 13.2 Å². The summed E-state index contributed by atoms with van der Waals surface area (Å²) in [7, 11) is 0. The van der Waals surface area contributed by atoms with Crippen LogP contribution < -0.4 is 0 Å². The largest absolute Gasteiger partial charge is 0.462 e. The molecule has 0 saturated carbocycles. The number of hydrogen-bond acceptors (Lipinski definition) is 6. The van der Waals surface area contributed by atoms with Gasteiger partial charge < -0.3 is 14.2 Å². The fraction of sp³-hybridized carbons (Fsp3) is 0.925. The van der Waals surface area contributed by atoms with E-state index in [9.17, 15) is 14.4 Å². The van der Waals surface area contributed by atoms with E-state index in [1.165, 1.54) is 276 Å². The number of allylic oxidation sites excluding steroid dienone is 2. The molecule has 73 heavy (non-hydrogen) atoms. The molecule has 0 aliphatic heterocycles. The zero-order valence-corrected chi connectivity index (χ0v) is 49.7. The van der Waals surface area contributed by atoms with E-state index in [-0.39, 0.29) is 31.1 Å². The molecule has 0 fully saturated rings. The van der Waals surface area contributed by atoms with Crippen molar-refractivity contribution < 1.29 is 28.6 Å². The van der Waals surface area contributed by atoms with Crippen LogP contribution in [-0.4, -0.2) is 37.2 Å². The first-order chi connectivity index (χ1) is 36.0. The summed E-state index contributed by atoms with van der Waals surface area (Å²) >= 11 is 0. The highest BCUT2D eigenvalue weighted by molar-refractivity contribution is 5.71. The van der Waals surface area contributed by atoms with Crippen LogP contribution in [0.4, 0.5) is 0 Å². The van der Waals surface area contributed by atoms with Crippen LogP contribution in [0.15, 0.2) is 12.2 Å². The number of carbonyl (C=O) groups excluding carboxylic acids is 3. The Morgan fingerprint density at radius 3 is 0.712 bits per heavy atom. The molecule has 6 nitrogen and oxygen atoms in total. The van der Waals surface area contributed by atoms with Crippen molar-refractivity contribution in [1.82, 2.24) is 0 Å². The van der Waals surface area contributed by atoms with E-state index in [0.717, 1.165) is 64.2 Å². The Hall–Kier alpha value is -1.85. The molecule has 1 unspecified atom stereocenters. The van der Waals surface area contributed by atoms with Gasteiger partial charge in [0.2, 0.25) is 0 Å². The molecule has 0 aliphatic rings. The first-order valence-electron chi connectivity index (χ1n) is 33.2. The van der Waals surface area contributed by atoms with E-state index in [0.29, 0.717) is 19.3 Å². The molecule has 0 aromatic carbocycles. The third-order valence-electron chi connectivity index (χ3n) is 15.3. The molecule has 0 aromatic rings. The molecular weight excluding hydrogens is 901 g/mol. The minimum absolute atomic E-state index is 0.0662. The van der Waals surface area contributed by atoms with Crippen LogP contribution in [0.1, 0.15) is 380 Å². The van der Waals surface area contributed by atoms with Crippen molar-refractivity contribution in [1.29, 1.82) is 0 Å². The highest BCUT2D eigenvalue weighted by atomic mass is 16.6. The Kier molecular flexibility index (Phi) is 61.1. The third kappa shape index (κ3) is 60.9. The van der Waals surface area contributed by atoms with Gasteiger partial charge in [0.1, 0.15) is 13.2 Å². The molecule has 0 bridgehead atoms. The van der Waals surface area contributed by atoms with Crippen molar-refractivity contribution in [3.05, 3.63) is 12.2 Å². The highest BCUT2D eigenvalue weighted by Gasteiger charge is 2.19. The van der Waals surface area contributed by atoms with Crippen LogP contribution in [0.2, 0.25) is 0 Å². The summed E-state index contributed by atoms with van der Waals surface area (Å²) in [5.41, 5.74) is 0. The average molecular weight is 1030 g/mol. The summed E-state index contributed by atoms with van der Waals surface area (Å²) in [5, 5.41) is 0. The van der Waals surface area contributed by atoms with Gasteiger partial charge in [-0.25, -0.2) is 0 Å². The summed E-state index contributed by atoms with van der Waals surface area (Å²) < 4.78 is 16.9. The van der Waals surface area contributed by atoms with Gasteiger partial charge in [0.05, 0.1) is 0 Å². The monoisotopic (exact) mass is 1030 g/mol. The fourth-order valence-electron chi connectivity index (χ4n) is 10.3. The molecule has 1 atom stereocenters. The minimum Gasteiger partial charge on any atom is -0.462 e. The maximum Gasteiger partial charge on any atom is 0.306 e. The first kappa shape index (κ1) is 71.2. The first-order valence-corrected chi connectivity index (χ1v) is 33.2. The second-order valence-electron chi connectivity index (χ2n) is 22.7. The maximum atomic E-state index is 12.9. The SMILES string of the molecule is CCCCC/C=C\CCCCCCCC(=O)OCC(COC(=O)CCCCCCCCCCCCCCCCCCCCCCCCCCCCCC)OC(=O)CCCCCCCCCCCCCCCCC. The normalized spacial score (nSPS) is 12.0. The lowest BCUT2D eigenvalue weighted by Gasteiger charge is -2.18. The number of hydrogen-bond donors (Lipinski definition) is 0. The summed E-state index contributed by atoms with van der Waals surface area (Å²) in [6, 6.07) is 0. The number of ether oxygens (including phenoxy) is 3. The lowest BCUT2D eigenvalue weighted by Crippen LogP contribution is -2.30. The predicted octanol–water partition coefficient (Wildman–Crippen LogP) is 22.4. The van der Waals surface area contributed by atoms with Gasteiger partial charge in [-0.05, 0) is 44.9 Å². The van der Waals surface area contributed by atoms with Gasteiger partial charge in [-0.1, -0.05) is 328 Å². The van der Waals surface area contributed by atoms with E-state index in [2.05, 4.69) is 32.9 Å². The lowest BCUT2D eigenvalue weighted by molar-refractivity contribution is -0.167.